The molecule has 1 fully saturated rings. The lowest BCUT2D eigenvalue weighted by molar-refractivity contribution is -0.151. The van der Waals surface area contributed by atoms with Gasteiger partial charge in [-0.25, -0.2) is 4.79 Å². The van der Waals surface area contributed by atoms with Gasteiger partial charge in [0.25, 0.3) is 5.91 Å². The largest absolute Gasteiger partial charge is 0.467 e. The Balaban J connectivity index is 2.33. The normalized spacial score (nSPS) is 18.7. The Kier molecular flexibility index (Phi) is 4.46. The van der Waals surface area contributed by atoms with E-state index in [-0.39, 0.29) is 29.4 Å². The van der Waals surface area contributed by atoms with Crippen molar-refractivity contribution in [1.82, 2.24) is 4.90 Å². The highest BCUT2D eigenvalue weighted by molar-refractivity contribution is 6.34. The first-order chi connectivity index (χ1) is 9.56. The second-order valence-corrected chi connectivity index (χ2v) is 4.72. The zero-order chi connectivity index (χ0) is 14.7. The Hall–Kier alpha value is -1.79. The summed E-state index contributed by atoms with van der Waals surface area (Å²) in [6, 6.07) is 4.05. The Morgan fingerprint density at radius 3 is 2.90 bits per heavy atom. The number of esters is 1. The summed E-state index contributed by atoms with van der Waals surface area (Å²) in [5.74, 6) is -0.921. The lowest BCUT2D eigenvalue weighted by Crippen LogP contribution is -2.53. The molecule has 1 amide bonds. The second kappa shape index (κ2) is 6.11. The average molecular weight is 299 g/mol. The third-order valence-corrected chi connectivity index (χ3v) is 3.44. The van der Waals surface area contributed by atoms with E-state index in [0.29, 0.717) is 6.61 Å². The van der Waals surface area contributed by atoms with Gasteiger partial charge in [-0.1, -0.05) is 17.7 Å². The van der Waals surface area contributed by atoms with Crippen molar-refractivity contribution in [2.45, 2.75) is 6.04 Å². The van der Waals surface area contributed by atoms with Crippen LogP contribution in [-0.2, 0) is 14.3 Å². The lowest BCUT2D eigenvalue weighted by Gasteiger charge is -2.34. The zero-order valence-electron chi connectivity index (χ0n) is 11.0. The van der Waals surface area contributed by atoms with Crippen LogP contribution < -0.4 is 5.73 Å². The highest BCUT2D eigenvalue weighted by Gasteiger charge is 2.35. The minimum atomic E-state index is -0.781. The average Bonchev–Trinajstić information content (AvgIpc) is 2.46. The first-order valence-corrected chi connectivity index (χ1v) is 6.44. The molecule has 1 heterocycles. The van der Waals surface area contributed by atoms with E-state index in [2.05, 4.69) is 4.74 Å². The topological polar surface area (TPSA) is 81.9 Å². The summed E-state index contributed by atoms with van der Waals surface area (Å²) in [4.78, 5) is 25.7. The fraction of sp³-hybridized carbons (Fsp3) is 0.385. The van der Waals surface area contributed by atoms with Crippen molar-refractivity contribution in [3.63, 3.8) is 0 Å². The molecule has 2 rings (SSSR count). The van der Waals surface area contributed by atoms with Gasteiger partial charge in [-0.05, 0) is 12.1 Å². The lowest BCUT2D eigenvalue weighted by atomic mass is 10.1. The molecule has 1 atom stereocenters. The molecule has 6 nitrogen and oxygen atoms in total. The van der Waals surface area contributed by atoms with Crippen LogP contribution in [0.3, 0.4) is 0 Å². The zero-order valence-corrected chi connectivity index (χ0v) is 11.7. The summed E-state index contributed by atoms with van der Waals surface area (Å²) in [5.41, 5.74) is 6.28. The van der Waals surface area contributed by atoms with Crippen LogP contribution in [0.5, 0.6) is 0 Å². The molecule has 0 bridgehead atoms. The summed E-state index contributed by atoms with van der Waals surface area (Å²) < 4.78 is 9.91. The number of amides is 1. The first kappa shape index (κ1) is 14.6. The van der Waals surface area contributed by atoms with Crippen LogP contribution in [0.1, 0.15) is 10.4 Å². The third kappa shape index (κ3) is 2.71. The van der Waals surface area contributed by atoms with Crippen LogP contribution in [0.15, 0.2) is 18.2 Å². The van der Waals surface area contributed by atoms with Crippen molar-refractivity contribution in [1.29, 1.82) is 0 Å². The number of carbonyl (C=O) groups excluding carboxylic acids is 2. The van der Waals surface area contributed by atoms with Crippen molar-refractivity contribution in [2.75, 3.05) is 32.6 Å². The van der Waals surface area contributed by atoms with Crippen LogP contribution in [0, 0.1) is 0 Å². The molecule has 1 saturated heterocycles. The number of nitrogens with two attached hydrogens (primary N) is 1. The molecule has 20 heavy (non-hydrogen) atoms. The fourth-order valence-corrected chi connectivity index (χ4v) is 2.35. The molecular weight excluding hydrogens is 284 g/mol. The highest BCUT2D eigenvalue weighted by atomic mass is 35.5. The molecule has 0 aromatic heterocycles. The van der Waals surface area contributed by atoms with Gasteiger partial charge in [0.2, 0.25) is 0 Å². The van der Waals surface area contributed by atoms with Crippen molar-refractivity contribution in [2.24, 2.45) is 0 Å². The van der Waals surface area contributed by atoms with E-state index in [1.807, 2.05) is 0 Å². The van der Waals surface area contributed by atoms with Gasteiger partial charge in [-0.15, -0.1) is 0 Å². The smallest absolute Gasteiger partial charge is 0.331 e. The minimum Gasteiger partial charge on any atom is -0.467 e. The number of morpholine rings is 1. The number of anilines is 1. The van der Waals surface area contributed by atoms with E-state index in [1.54, 1.807) is 18.2 Å². The van der Waals surface area contributed by atoms with E-state index >= 15 is 0 Å². The number of nitrogen functional groups attached to an aromatic ring is 1. The van der Waals surface area contributed by atoms with Gasteiger partial charge in [-0.2, -0.15) is 0 Å². The molecule has 1 aliphatic heterocycles. The summed E-state index contributed by atoms with van der Waals surface area (Å²) in [6.07, 6.45) is 0. The van der Waals surface area contributed by atoms with Crippen molar-refractivity contribution in [3.05, 3.63) is 28.8 Å². The third-order valence-electron chi connectivity index (χ3n) is 3.12. The maximum absolute atomic E-state index is 12.6. The Bertz CT molecular complexity index is 515. The van der Waals surface area contributed by atoms with E-state index in [4.69, 9.17) is 22.1 Å². The molecule has 0 saturated carbocycles. The summed E-state index contributed by atoms with van der Waals surface area (Å²) >= 11 is 6.03. The number of rotatable bonds is 2. The molecule has 0 aliphatic carbocycles. The van der Waals surface area contributed by atoms with Gasteiger partial charge in [0.1, 0.15) is 0 Å². The predicted molar refractivity (Wildman–Crippen MR) is 73.5 cm³/mol. The van der Waals surface area contributed by atoms with Gasteiger partial charge >= 0.3 is 5.97 Å². The number of methoxy groups -OCH3 is 1. The van der Waals surface area contributed by atoms with Crippen molar-refractivity contribution >= 4 is 29.2 Å². The molecule has 1 aliphatic rings. The van der Waals surface area contributed by atoms with Gasteiger partial charge < -0.3 is 20.1 Å². The standard InChI is InChI=1S/C13H15ClN2O4/c1-19-13(18)10-7-20-6-5-16(10)12(17)11-8(14)3-2-4-9(11)15/h2-4,10H,5-7,15H2,1H3. The van der Waals surface area contributed by atoms with E-state index < -0.39 is 17.9 Å². The van der Waals surface area contributed by atoms with Crippen LogP contribution >= 0.6 is 11.6 Å². The quantitative estimate of drug-likeness (QED) is 0.649. The van der Waals surface area contributed by atoms with E-state index in [0.717, 1.165) is 0 Å². The molecule has 2 N–H and O–H groups in total. The summed E-state index contributed by atoms with van der Waals surface area (Å²) in [7, 11) is 1.27. The highest BCUT2D eigenvalue weighted by Crippen LogP contribution is 2.25. The number of hydrogen-bond acceptors (Lipinski definition) is 5. The van der Waals surface area contributed by atoms with Gasteiger partial charge in [0.05, 0.1) is 30.9 Å². The monoisotopic (exact) mass is 298 g/mol. The maximum Gasteiger partial charge on any atom is 0.331 e. The van der Waals surface area contributed by atoms with Gasteiger partial charge in [0, 0.05) is 12.2 Å². The number of nitrogens with zero attached hydrogens (tertiary/aromatic N) is 1. The molecule has 7 heteroatoms. The first-order valence-electron chi connectivity index (χ1n) is 6.06. The number of ether oxygens (including phenoxy) is 2. The van der Waals surface area contributed by atoms with Crippen LogP contribution in [0.4, 0.5) is 5.69 Å². The molecular formula is C13H15ClN2O4. The van der Waals surface area contributed by atoms with Gasteiger partial charge in [0.15, 0.2) is 6.04 Å². The SMILES string of the molecule is COC(=O)C1COCCN1C(=O)c1c(N)cccc1Cl. The van der Waals surface area contributed by atoms with Crippen molar-refractivity contribution in [3.8, 4) is 0 Å². The summed E-state index contributed by atoms with van der Waals surface area (Å²) in [5, 5.41) is 0.255. The molecule has 0 spiro atoms. The number of hydrogen-bond donors (Lipinski definition) is 1. The van der Waals surface area contributed by atoms with Gasteiger partial charge in [-0.3, -0.25) is 4.79 Å². The molecule has 1 unspecified atom stereocenters. The molecule has 108 valence electrons. The maximum atomic E-state index is 12.6. The Morgan fingerprint density at radius 1 is 1.50 bits per heavy atom. The predicted octanol–water partition coefficient (Wildman–Crippen LogP) is 0.936. The van der Waals surface area contributed by atoms with E-state index in [9.17, 15) is 9.59 Å². The number of benzene rings is 1. The van der Waals surface area contributed by atoms with Crippen LogP contribution in [-0.4, -0.2) is 49.7 Å². The van der Waals surface area contributed by atoms with Crippen LogP contribution in [0.25, 0.3) is 0 Å². The fourth-order valence-electron chi connectivity index (χ4n) is 2.09. The second-order valence-electron chi connectivity index (χ2n) is 4.32. The number of carbonyl (C=O) groups is 2. The molecule has 0 radical (unpaired) electrons. The Morgan fingerprint density at radius 2 is 2.25 bits per heavy atom. The molecule has 1 aromatic rings. The minimum absolute atomic E-state index is 0.1000. The Labute approximate surface area is 121 Å². The summed E-state index contributed by atoms with van der Waals surface area (Å²) in [6.45, 7) is 0.732. The van der Waals surface area contributed by atoms with Crippen LogP contribution in [0.2, 0.25) is 5.02 Å². The van der Waals surface area contributed by atoms with Crippen molar-refractivity contribution < 1.29 is 19.1 Å². The van der Waals surface area contributed by atoms with E-state index in [1.165, 1.54) is 12.0 Å². The number of halogens is 1. The molecule has 1 aromatic carbocycles.